The number of rotatable bonds is 2. The van der Waals surface area contributed by atoms with Gasteiger partial charge in [-0.1, -0.05) is 30.3 Å². The second kappa shape index (κ2) is 4.57. The number of benzene rings is 2. The fraction of sp³-hybridized carbons (Fsp3) is 0.0667. The van der Waals surface area contributed by atoms with Gasteiger partial charge in [-0.05, 0) is 30.7 Å². The van der Waals surface area contributed by atoms with E-state index in [2.05, 4.69) is 15.3 Å². The smallest absolute Gasteiger partial charge is 0.282 e. The van der Waals surface area contributed by atoms with Crippen molar-refractivity contribution in [2.45, 2.75) is 6.92 Å². The maximum Gasteiger partial charge on any atom is 0.282 e. The van der Waals surface area contributed by atoms with E-state index >= 15 is 0 Å². The number of para-hydroxylation sites is 2. The first-order valence-corrected chi connectivity index (χ1v) is 6.06. The van der Waals surface area contributed by atoms with Crippen LogP contribution in [0.1, 0.15) is 5.56 Å². The molecular weight excluding hydrogens is 238 g/mol. The Morgan fingerprint density at radius 3 is 2.63 bits per heavy atom. The molecule has 19 heavy (non-hydrogen) atoms. The van der Waals surface area contributed by atoms with Gasteiger partial charge in [-0.2, -0.15) is 4.98 Å². The molecule has 0 saturated carbocycles. The van der Waals surface area contributed by atoms with Gasteiger partial charge in [-0.3, -0.25) is 4.79 Å². The molecule has 4 heteroatoms. The lowest BCUT2D eigenvalue weighted by Gasteiger charge is -2.08. The third kappa shape index (κ3) is 2.20. The third-order valence-electron chi connectivity index (χ3n) is 3.02. The van der Waals surface area contributed by atoms with Gasteiger partial charge in [0.05, 0.1) is 10.9 Å². The summed E-state index contributed by atoms with van der Waals surface area (Å²) in [6.07, 6.45) is 0. The summed E-state index contributed by atoms with van der Waals surface area (Å²) in [5.41, 5.74) is 2.57. The van der Waals surface area contributed by atoms with Gasteiger partial charge in [0.2, 0.25) is 5.95 Å². The van der Waals surface area contributed by atoms with Crippen LogP contribution in [0.3, 0.4) is 0 Å². The third-order valence-corrected chi connectivity index (χ3v) is 3.02. The maximum atomic E-state index is 11.9. The lowest BCUT2D eigenvalue weighted by molar-refractivity contribution is 1.17. The molecule has 0 aliphatic heterocycles. The number of aromatic amines is 1. The van der Waals surface area contributed by atoms with Crippen LogP contribution in [0.4, 0.5) is 11.6 Å². The first-order valence-electron chi connectivity index (χ1n) is 6.06. The largest absolute Gasteiger partial charge is 0.325 e. The lowest BCUT2D eigenvalue weighted by atomic mass is 10.2. The summed E-state index contributed by atoms with van der Waals surface area (Å²) in [5, 5.41) is 3.73. The van der Waals surface area contributed by atoms with Crippen LogP contribution in [0.2, 0.25) is 0 Å². The van der Waals surface area contributed by atoms with Crippen LogP contribution in [-0.2, 0) is 0 Å². The molecule has 0 radical (unpaired) electrons. The van der Waals surface area contributed by atoms with Crippen molar-refractivity contribution in [2.75, 3.05) is 5.32 Å². The highest BCUT2D eigenvalue weighted by molar-refractivity contribution is 5.78. The number of anilines is 2. The maximum absolute atomic E-state index is 11.9. The van der Waals surface area contributed by atoms with Crippen LogP contribution in [-0.4, -0.2) is 9.97 Å². The zero-order chi connectivity index (χ0) is 13.2. The van der Waals surface area contributed by atoms with E-state index in [1.54, 1.807) is 6.07 Å². The summed E-state index contributed by atoms with van der Waals surface area (Å²) in [5.74, 6) is 0.456. The molecular formula is C15H13N3O. The fourth-order valence-corrected chi connectivity index (χ4v) is 2.00. The molecule has 0 aliphatic rings. The van der Waals surface area contributed by atoms with Gasteiger partial charge in [0.25, 0.3) is 5.56 Å². The number of aromatic nitrogens is 2. The molecule has 0 atom stereocenters. The Morgan fingerprint density at radius 2 is 1.79 bits per heavy atom. The van der Waals surface area contributed by atoms with Crippen LogP contribution in [0.25, 0.3) is 10.9 Å². The Balaban J connectivity index is 2.07. The van der Waals surface area contributed by atoms with Crippen molar-refractivity contribution in [3.05, 3.63) is 64.4 Å². The van der Waals surface area contributed by atoms with Crippen molar-refractivity contribution >= 4 is 22.5 Å². The van der Waals surface area contributed by atoms with E-state index in [9.17, 15) is 4.79 Å². The zero-order valence-electron chi connectivity index (χ0n) is 10.5. The molecule has 0 amide bonds. The molecule has 0 bridgehead atoms. The predicted octanol–water partition coefficient (Wildman–Crippen LogP) is 2.98. The average Bonchev–Trinajstić information content (AvgIpc) is 2.42. The number of hydrogen-bond donors (Lipinski definition) is 2. The summed E-state index contributed by atoms with van der Waals surface area (Å²) in [4.78, 5) is 19.0. The number of aryl methyl sites for hydroxylation is 1. The molecule has 2 aromatic carbocycles. The van der Waals surface area contributed by atoms with Crippen LogP contribution < -0.4 is 10.9 Å². The van der Waals surface area contributed by atoms with Gasteiger partial charge in [-0.15, -0.1) is 0 Å². The first-order chi connectivity index (χ1) is 9.24. The van der Waals surface area contributed by atoms with Gasteiger partial charge in [0.1, 0.15) is 0 Å². The van der Waals surface area contributed by atoms with E-state index in [0.29, 0.717) is 11.3 Å². The second-order valence-electron chi connectivity index (χ2n) is 4.38. The first kappa shape index (κ1) is 11.5. The molecule has 0 saturated heterocycles. The Labute approximate surface area is 110 Å². The number of hydrogen-bond acceptors (Lipinski definition) is 3. The Bertz CT molecular complexity index is 792. The van der Waals surface area contributed by atoms with Gasteiger partial charge in [0.15, 0.2) is 0 Å². The van der Waals surface area contributed by atoms with E-state index in [-0.39, 0.29) is 5.56 Å². The summed E-state index contributed by atoms with van der Waals surface area (Å²) < 4.78 is 0. The predicted molar refractivity (Wildman–Crippen MR) is 76.8 cm³/mol. The number of nitrogens with zero attached hydrogens (tertiary/aromatic N) is 1. The summed E-state index contributed by atoms with van der Waals surface area (Å²) in [7, 11) is 0. The summed E-state index contributed by atoms with van der Waals surface area (Å²) in [6.45, 7) is 2.00. The number of fused-ring (bicyclic) bond motifs is 1. The Kier molecular flexibility index (Phi) is 2.76. The van der Waals surface area contributed by atoms with Crippen molar-refractivity contribution in [1.29, 1.82) is 0 Å². The van der Waals surface area contributed by atoms with Gasteiger partial charge < -0.3 is 10.3 Å². The van der Waals surface area contributed by atoms with Crippen LogP contribution in [0.15, 0.2) is 53.3 Å². The van der Waals surface area contributed by atoms with Crippen LogP contribution in [0.5, 0.6) is 0 Å². The van der Waals surface area contributed by atoms with Gasteiger partial charge in [-0.25, -0.2) is 0 Å². The zero-order valence-corrected chi connectivity index (χ0v) is 10.5. The van der Waals surface area contributed by atoms with Gasteiger partial charge >= 0.3 is 0 Å². The van der Waals surface area contributed by atoms with Gasteiger partial charge in [0, 0.05) is 5.69 Å². The minimum Gasteiger partial charge on any atom is -0.325 e. The molecule has 0 fully saturated rings. The van der Waals surface area contributed by atoms with Crippen molar-refractivity contribution in [1.82, 2.24) is 9.97 Å². The summed E-state index contributed by atoms with van der Waals surface area (Å²) in [6, 6.07) is 15.2. The SMILES string of the molecule is Cc1ccccc1Nc1nc(=O)c2ccccc2[nH]1. The molecule has 1 aromatic heterocycles. The van der Waals surface area contributed by atoms with E-state index in [0.717, 1.165) is 16.8 Å². The highest BCUT2D eigenvalue weighted by atomic mass is 16.1. The molecule has 94 valence electrons. The standard InChI is InChI=1S/C15H13N3O/c1-10-6-2-4-8-12(10)16-15-17-13-9-5-3-7-11(13)14(19)18-15/h2-9H,1H3,(H2,16,17,18,19). The molecule has 3 rings (SSSR count). The lowest BCUT2D eigenvalue weighted by Crippen LogP contribution is -2.11. The average molecular weight is 251 g/mol. The van der Waals surface area contributed by atoms with Crippen molar-refractivity contribution in [2.24, 2.45) is 0 Å². The molecule has 0 unspecified atom stereocenters. The Morgan fingerprint density at radius 1 is 1.05 bits per heavy atom. The van der Waals surface area contributed by atoms with Crippen LogP contribution >= 0.6 is 0 Å². The topological polar surface area (TPSA) is 57.8 Å². The van der Waals surface area contributed by atoms with E-state index in [4.69, 9.17) is 0 Å². The normalized spacial score (nSPS) is 10.6. The molecule has 0 aliphatic carbocycles. The number of nitrogens with one attached hydrogen (secondary N) is 2. The van der Waals surface area contributed by atoms with E-state index in [1.807, 2.05) is 49.4 Å². The fourth-order valence-electron chi connectivity index (χ4n) is 2.00. The highest BCUT2D eigenvalue weighted by Crippen LogP contribution is 2.17. The molecule has 2 N–H and O–H groups in total. The van der Waals surface area contributed by atoms with Crippen molar-refractivity contribution in [3.63, 3.8) is 0 Å². The Hall–Kier alpha value is -2.62. The van der Waals surface area contributed by atoms with E-state index in [1.165, 1.54) is 0 Å². The monoisotopic (exact) mass is 251 g/mol. The molecule has 4 nitrogen and oxygen atoms in total. The quantitative estimate of drug-likeness (QED) is 0.736. The summed E-state index contributed by atoms with van der Waals surface area (Å²) >= 11 is 0. The minimum absolute atomic E-state index is 0.231. The molecule has 3 aromatic rings. The van der Waals surface area contributed by atoms with Crippen molar-refractivity contribution in [3.8, 4) is 0 Å². The van der Waals surface area contributed by atoms with Crippen LogP contribution in [0, 0.1) is 6.92 Å². The van der Waals surface area contributed by atoms with E-state index < -0.39 is 0 Å². The minimum atomic E-state index is -0.231. The second-order valence-corrected chi connectivity index (χ2v) is 4.38. The molecule has 1 heterocycles. The number of H-pyrrole nitrogens is 1. The highest BCUT2D eigenvalue weighted by Gasteiger charge is 2.04. The van der Waals surface area contributed by atoms with Crippen molar-refractivity contribution < 1.29 is 0 Å². The molecule has 0 spiro atoms.